The summed E-state index contributed by atoms with van der Waals surface area (Å²) in [5.41, 5.74) is 1.68. The number of ether oxygens (including phenoxy) is 1. The molecule has 1 aromatic heterocycles. The molecule has 0 radical (unpaired) electrons. The molecule has 172 valence electrons. The third-order valence-electron chi connectivity index (χ3n) is 5.49. The zero-order chi connectivity index (χ0) is 23.5. The number of sulfonamides is 1. The number of nitrogens with zero attached hydrogens (tertiary/aromatic N) is 2. The average molecular weight is 462 g/mol. The van der Waals surface area contributed by atoms with E-state index in [1.54, 1.807) is 24.0 Å². The van der Waals surface area contributed by atoms with Crippen molar-refractivity contribution in [1.82, 2.24) is 4.98 Å². The van der Waals surface area contributed by atoms with Gasteiger partial charge in [-0.25, -0.2) is 18.2 Å². The lowest BCUT2D eigenvalue weighted by Crippen LogP contribution is -2.40. The number of carbonyl (C=O) groups is 2. The molecule has 1 fully saturated rings. The van der Waals surface area contributed by atoms with Crippen molar-refractivity contribution in [3.8, 4) is 0 Å². The van der Waals surface area contributed by atoms with Gasteiger partial charge in [-0.1, -0.05) is 6.07 Å². The van der Waals surface area contributed by atoms with Gasteiger partial charge in [-0.15, -0.1) is 0 Å². The number of hydrogen-bond donors (Lipinski definition) is 2. The standard InChI is InChI=1S/C22H27N3O6S/c1-4-31-22(28)16-6-5-9-25(13-16)20-19(11-17(12-23-20)21(26)27)24-32(29,30)18-8-7-14(2)15(3)10-18/h7-8,10-12,16,24H,4-6,9,13H2,1-3H3,(H,26,27). The number of nitrogens with one attached hydrogen (secondary N) is 1. The molecule has 0 saturated carbocycles. The van der Waals surface area contributed by atoms with Crippen LogP contribution in [0.3, 0.4) is 0 Å². The molecule has 9 nitrogen and oxygen atoms in total. The molecule has 2 heterocycles. The van der Waals surface area contributed by atoms with Crippen molar-refractivity contribution >= 4 is 33.5 Å². The van der Waals surface area contributed by atoms with Crippen LogP contribution in [0.4, 0.5) is 11.5 Å². The van der Waals surface area contributed by atoms with E-state index in [0.717, 1.165) is 11.1 Å². The molecule has 0 bridgehead atoms. The van der Waals surface area contributed by atoms with E-state index in [4.69, 9.17) is 4.74 Å². The molecule has 1 aliphatic rings. The summed E-state index contributed by atoms with van der Waals surface area (Å²) in [5.74, 6) is -1.62. The zero-order valence-electron chi connectivity index (χ0n) is 18.3. The highest BCUT2D eigenvalue weighted by atomic mass is 32.2. The molecule has 10 heteroatoms. The van der Waals surface area contributed by atoms with Crippen molar-refractivity contribution in [3.05, 3.63) is 47.2 Å². The van der Waals surface area contributed by atoms with E-state index >= 15 is 0 Å². The molecule has 0 spiro atoms. The highest BCUT2D eigenvalue weighted by molar-refractivity contribution is 7.92. The van der Waals surface area contributed by atoms with Crippen LogP contribution in [0.15, 0.2) is 35.4 Å². The summed E-state index contributed by atoms with van der Waals surface area (Å²) in [6.07, 6.45) is 2.53. The Kier molecular flexibility index (Phi) is 7.02. The maximum Gasteiger partial charge on any atom is 0.337 e. The second kappa shape index (κ2) is 9.56. The Labute approximate surface area is 187 Å². The molecular weight excluding hydrogens is 434 g/mol. The van der Waals surface area contributed by atoms with Crippen LogP contribution >= 0.6 is 0 Å². The molecule has 1 aliphatic heterocycles. The molecule has 1 aromatic carbocycles. The number of carboxylic acids is 1. The highest BCUT2D eigenvalue weighted by Gasteiger charge is 2.30. The van der Waals surface area contributed by atoms with Gasteiger partial charge < -0.3 is 14.7 Å². The summed E-state index contributed by atoms with van der Waals surface area (Å²) >= 11 is 0. The van der Waals surface area contributed by atoms with E-state index in [0.29, 0.717) is 25.9 Å². The minimum atomic E-state index is -4.00. The quantitative estimate of drug-likeness (QED) is 0.603. The van der Waals surface area contributed by atoms with Crippen LogP contribution in [0.2, 0.25) is 0 Å². The van der Waals surface area contributed by atoms with Gasteiger partial charge in [0.1, 0.15) is 0 Å². The molecule has 0 aliphatic carbocycles. The van der Waals surface area contributed by atoms with Crippen molar-refractivity contribution in [2.45, 2.75) is 38.5 Å². The summed E-state index contributed by atoms with van der Waals surface area (Å²) in [6, 6.07) is 6.02. The summed E-state index contributed by atoms with van der Waals surface area (Å²) in [4.78, 5) is 29.8. The minimum absolute atomic E-state index is 0.0487. The van der Waals surface area contributed by atoms with E-state index in [2.05, 4.69) is 9.71 Å². The van der Waals surface area contributed by atoms with Crippen molar-refractivity contribution in [2.24, 2.45) is 5.92 Å². The highest BCUT2D eigenvalue weighted by Crippen LogP contribution is 2.31. The third-order valence-corrected chi connectivity index (χ3v) is 6.85. The Balaban J connectivity index is 1.97. The third kappa shape index (κ3) is 5.18. The lowest BCUT2D eigenvalue weighted by Gasteiger charge is -2.33. The second-order valence-corrected chi connectivity index (χ2v) is 9.47. The number of piperidine rings is 1. The molecule has 1 atom stereocenters. The van der Waals surface area contributed by atoms with Gasteiger partial charge in [-0.05, 0) is 62.9 Å². The molecule has 1 saturated heterocycles. The topological polar surface area (TPSA) is 126 Å². The molecule has 32 heavy (non-hydrogen) atoms. The number of aromatic nitrogens is 1. The van der Waals surface area contributed by atoms with Crippen molar-refractivity contribution in [3.63, 3.8) is 0 Å². The van der Waals surface area contributed by atoms with Gasteiger partial charge >= 0.3 is 11.9 Å². The molecular formula is C22H27N3O6S. The van der Waals surface area contributed by atoms with Gasteiger partial charge in [-0.2, -0.15) is 0 Å². The van der Waals surface area contributed by atoms with Gasteiger partial charge in [0.25, 0.3) is 10.0 Å². The van der Waals surface area contributed by atoms with Gasteiger partial charge in [0.05, 0.1) is 28.7 Å². The number of esters is 1. The maximum absolute atomic E-state index is 13.1. The number of aryl methyl sites for hydroxylation is 2. The maximum atomic E-state index is 13.1. The Bertz CT molecular complexity index is 1130. The number of rotatable bonds is 7. The first kappa shape index (κ1) is 23.5. The smallest absolute Gasteiger partial charge is 0.337 e. The van der Waals surface area contributed by atoms with Gasteiger partial charge in [-0.3, -0.25) is 9.52 Å². The molecule has 0 amide bonds. The lowest BCUT2D eigenvalue weighted by molar-refractivity contribution is -0.148. The van der Waals surface area contributed by atoms with Crippen LogP contribution in [0, 0.1) is 19.8 Å². The fourth-order valence-electron chi connectivity index (χ4n) is 3.61. The number of pyridine rings is 1. The minimum Gasteiger partial charge on any atom is -0.478 e. The fourth-order valence-corrected chi connectivity index (χ4v) is 4.75. The van der Waals surface area contributed by atoms with E-state index in [9.17, 15) is 23.1 Å². The SMILES string of the molecule is CCOC(=O)C1CCCN(c2ncc(C(=O)O)cc2NS(=O)(=O)c2ccc(C)c(C)c2)C1. The molecule has 1 unspecified atom stereocenters. The summed E-state index contributed by atoms with van der Waals surface area (Å²) < 4.78 is 33.8. The first-order valence-electron chi connectivity index (χ1n) is 10.4. The van der Waals surface area contributed by atoms with Crippen LogP contribution in [-0.4, -0.2) is 50.1 Å². The van der Waals surface area contributed by atoms with Gasteiger partial charge in [0.2, 0.25) is 0 Å². The van der Waals surface area contributed by atoms with Crippen LogP contribution in [0.5, 0.6) is 0 Å². The molecule has 3 rings (SSSR count). The van der Waals surface area contributed by atoms with Crippen molar-refractivity contribution in [1.29, 1.82) is 0 Å². The Morgan fingerprint density at radius 2 is 2.00 bits per heavy atom. The predicted molar refractivity (Wildman–Crippen MR) is 119 cm³/mol. The van der Waals surface area contributed by atoms with Crippen LogP contribution in [-0.2, 0) is 19.6 Å². The van der Waals surface area contributed by atoms with Gasteiger partial charge in [0.15, 0.2) is 5.82 Å². The number of anilines is 2. The molecule has 2 aromatic rings. The Morgan fingerprint density at radius 1 is 1.25 bits per heavy atom. The molecule has 2 N–H and O–H groups in total. The van der Waals surface area contributed by atoms with E-state index in [1.165, 1.54) is 18.3 Å². The fraction of sp³-hybridized carbons (Fsp3) is 0.409. The average Bonchev–Trinajstić information content (AvgIpc) is 2.75. The lowest BCUT2D eigenvalue weighted by atomic mass is 9.98. The van der Waals surface area contributed by atoms with Crippen LogP contribution < -0.4 is 9.62 Å². The van der Waals surface area contributed by atoms with Crippen molar-refractivity contribution in [2.75, 3.05) is 29.3 Å². The van der Waals surface area contributed by atoms with Crippen LogP contribution in [0.25, 0.3) is 0 Å². The Hall–Kier alpha value is -3.14. The monoisotopic (exact) mass is 461 g/mol. The normalized spacial score (nSPS) is 16.5. The summed E-state index contributed by atoms with van der Waals surface area (Å²) in [6.45, 7) is 6.57. The second-order valence-electron chi connectivity index (χ2n) is 7.79. The largest absolute Gasteiger partial charge is 0.478 e. The first-order chi connectivity index (χ1) is 15.1. The Morgan fingerprint density at radius 3 is 2.66 bits per heavy atom. The number of carboxylic acid groups (broad SMARTS) is 1. The number of hydrogen-bond acceptors (Lipinski definition) is 7. The number of benzene rings is 1. The number of aromatic carboxylic acids is 1. The van der Waals surface area contributed by atoms with E-state index in [-0.39, 0.29) is 40.5 Å². The van der Waals surface area contributed by atoms with Crippen LogP contribution in [0.1, 0.15) is 41.3 Å². The predicted octanol–water partition coefficient (Wildman–Crippen LogP) is 2.98. The zero-order valence-corrected chi connectivity index (χ0v) is 19.1. The number of carbonyl (C=O) groups excluding carboxylic acids is 1. The summed E-state index contributed by atoms with van der Waals surface area (Å²) in [7, 11) is -4.00. The first-order valence-corrected chi connectivity index (χ1v) is 11.9. The van der Waals surface area contributed by atoms with Crippen molar-refractivity contribution < 1.29 is 27.9 Å². The summed E-state index contributed by atoms with van der Waals surface area (Å²) in [5, 5.41) is 9.37. The van der Waals surface area contributed by atoms with E-state index in [1.807, 2.05) is 13.8 Å². The van der Waals surface area contributed by atoms with Gasteiger partial charge in [0, 0.05) is 19.3 Å². The van der Waals surface area contributed by atoms with E-state index < -0.39 is 16.0 Å².